The van der Waals surface area contributed by atoms with Crippen molar-refractivity contribution in [3.8, 4) is 0 Å². The number of nitrogens with one attached hydrogen (secondary N) is 1. The van der Waals surface area contributed by atoms with E-state index in [4.69, 9.17) is 0 Å². The molecule has 0 unspecified atom stereocenters. The molecule has 3 amide bonds. The molecule has 1 aliphatic carbocycles. The Kier molecular flexibility index (Phi) is 5.45. The van der Waals surface area contributed by atoms with Crippen molar-refractivity contribution in [3.05, 3.63) is 29.8 Å². The summed E-state index contributed by atoms with van der Waals surface area (Å²) in [6, 6.07) is 7.41. The Morgan fingerprint density at radius 1 is 1.16 bits per heavy atom. The summed E-state index contributed by atoms with van der Waals surface area (Å²) in [7, 11) is 0. The van der Waals surface area contributed by atoms with E-state index in [-0.39, 0.29) is 36.2 Å². The molecule has 32 heavy (non-hydrogen) atoms. The van der Waals surface area contributed by atoms with Crippen LogP contribution in [0, 0.1) is 0 Å². The molecule has 1 aromatic carbocycles. The molecular formula is C24H33N5O3. The summed E-state index contributed by atoms with van der Waals surface area (Å²) in [4.78, 5) is 48.5. The number of carbonyl (C=O) groups excluding carboxylic acids is 3. The van der Waals surface area contributed by atoms with Gasteiger partial charge in [0.15, 0.2) is 0 Å². The molecule has 0 radical (unpaired) electrons. The van der Waals surface area contributed by atoms with E-state index in [1.807, 2.05) is 12.1 Å². The molecule has 0 aromatic heterocycles. The highest BCUT2D eigenvalue weighted by Gasteiger charge is 2.63. The van der Waals surface area contributed by atoms with Crippen molar-refractivity contribution in [2.24, 2.45) is 0 Å². The van der Waals surface area contributed by atoms with E-state index in [0.29, 0.717) is 24.2 Å². The molecular weight excluding hydrogens is 406 g/mol. The SMILES string of the molecule is CCN1CCN([C@H](C)CNC(=O)[C@@]23CCC(=O)N2c2ccccc2C(=O)N3C2CC2)CC1. The van der Waals surface area contributed by atoms with E-state index >= 15 is 0 Å². The topological polar surface area (TPSA) is 76.2 Å². The van der Waals surface area contributed by atoms with E-state index in [0.717, 1.165) is 45.6 Å². The van der Waals surface area contributed by atoms with Gasteiger partial charge >= 0.3 is 0 Å². The molecule has 8 heteroatoms. The number of amides is 3. The molecule has 1 aromatic rings. The van der Waals surface area contributed by atoms with E-state index in [1.165, 1.54) is 0 Å². The third-order valence-corrected chi connectivity index (χ3v) is 7.61. The number of para-hydroxylation sites is 1. The maximum absolute atomic E-state index is 13.8. The molecule has 0 spiro atoms. The molecule has 172 valence electrons. The zero-order chi connectivity index (χ0) is 22.5. The molecule has 5 rings (SSSR count). The largest absolute Gasteiger partial charge is 0.351 e. The number of piperazine rings is 1. The van der Waals surface area contributed by atoms with Crippen LogP contribution in [0.15, 0.2) is 24.3 Å². The first-order chi connectivity index (χ1) is 15.5. The molecule has 1 saturated carbocycles. The molecule has 4 aliphatic rings. The van der Waals surface area contributed by atoms with Crippen molar-refractivity contribution in [1.82, 2.24) is 20.0 Å². The van der Waals surface area contributed by atoms with Gasteiger partial charge in [0.05, 0.1) is 11.3 Å². The quantitative estimate of drug-likeness (QED) is 0.723. The molecule has 1 N–H and O–H groups in total. The Hall–Kier alpha value is -2.45. The highest BCUT2D eigenvalue weighted by molar-refractivity contribution is 6.16. The second kappa shape index (κ2) is 8.15. The van der Waals surface area contributed by atoms with Gasteiger partial charge < -0.3 is 15.1 Å². The van der Waals surface area contributed by atoms with Crippen molar-refractivity contribution < 1.29 is 14.4 Å². The molecule has 3 fully saturated rings. The first-order valence-electron chi connectivity index (χ1n) is 12.0. The van der Waals surface area contributed by atoms with Gasteiger partial charge in [-0.25, -0.2) is 0 Å². The Labute approximate surface area is 189 Å². The van der Waals surface area contributed by atoms with Gasteiger partial charge in [-0.3, -0.25) is 24.2 Å². The van der Waals surface area contributed by atoms with Crippen LogP contribution in [0.3, 0.4) is 0 Å². The first kappa shape index (κ1) is 21.4. The highest BCUT2D eigenvalue weighted by Crippen LogP contribution is 2.48. The van der Waals surface area contributed by atoms with Crippen molar-refractivity contribution >= 4 is 23.4 Å². The zero-order valence-electron chi connectivity index (χ0n) is 19.0. The lowest BCUT2D eigenvalue weighted by atomic mass is 9.95. The molecule has 0 bridgehead atoms. The minimum absolute atomic E-state index is 0.0227. The van der Waals surface area contributed by atoms with Crippen LogP contribution in [0.4, 0.5) is 5.69 Å². The van der Waals surface area contributed by atoms with Crippen LogP contribution >= 0.6 is 0 Å². The summed E-state index contributed by atoms with van der Waals surface area (Å²) in [6.07, 6.45) is 2.37. The van der Waals surface area contributed by atoms with Crippen LogP contribution in [0.2, 0.25) is 0 Å². The minimum Gasteiger partial charge on any atom is -0.351 e. The second-order valence-electron chi connectivity index (χ2n) is 9.50. The van der Waals surface area contributed by atoms with Crippen LogP contribution in [0.25, 0.3) is 0 Å². The summed E-state index contributed by atoms with van der Waals surface area (Å²) >= 11 is 0. The normalized spacial score (nSPS) is 27.3. The molecule has 3 heterocycles. The van der Waals surface area contributed by atoms with E-state index < -0.39 is 5.66 Å². The predicted molar refractivity (Wildman–Crippen MR) is 121 cm³/mol. The van der Waals surface area contributed by atoms with E-state index in [2.05, 4.69) is 29.0 Å². The van der Waals surface area contributed by atoms with Gasteiger partial charge in [-0.2, -0.15) is 0 Å². The summed E-state index contributed by atoms with van der Waals surface area (Å²) in [5, 5.41) is 3.14. The Morgan fingerprint density at radius 2 is 1.88 bits per heavy atom. The summed E-state index contributed by atoms with van der Waals surface area (Å²) < 4.78 is 0. The fraction of sp³-hybridized carbons (Fsp3) is 0.625. The van der Waals surface area contributed by atoms with Gasteiger partial charge in [0, 0.05) is 57.6 Å². The van der Waals surface area contributed by atoms with Gasteiger partial charge in [-0.15, -0.1) is 0 Å². The summed E-state index contributed by atoms with van der Waals surface area (Å²) in [6.45, 7) is 9.95. The van der Waals surface area contributed by atoms with Crippen LogP contribution in [-0.2, 0) is 9.59 Å². The maximum atomic E-state index is 13.8. The summed E-state index contributed by atoms with van der Waals surface area (Å²) in [5.41, 5.74) is -0.166. The van der Waals surface area contributed by atoms with Crippen molar-refractivity contribution in [2.75, 3.05) is 44.2 Å². The van der Waals surface area contributed by atoms with Crippen molar-refractivity contribution in [1.29, 1.82) is 0 Å². The molecule has 2 saturated heterocycles. The summed E-state index contributed by atoms with van der Waals surface area (Å²) in [5.74, 6) is -0.445. The zero-order valence-corrected chi connectivity index (χ0v) is 19.0. The van der Waals surface area contributed by atoms with E-state index in [1.54, 1.807) is 21.9 Å². The van der Waals surface area contributed by atoms with Crippen LogP contribution in [-0.4, -0.2) is 89.4 Å². The number of anilines is 1. The Bertz CT molecular complexity index is 924. The highest BCUT2D eigenvalue weighted by atomic mass is 16.2. The van der Waals surface area contributed by atoms with Crippen LogP contribution < -0.4 is 10.2 Å². The Balaban J connectivity index is 1.39. The fourth-order valence-corrected chi connectivity index (χ4v) is 5.58. The monoisotopic (exact) mass is 439 g/mol. The minimum atomic E-state index is -1.25. The average molecular weight is 440 g/mol. The van der Waals surface area contributed by atoms with Crippen molar-refractivity contribution in [2.45, 2.75) is 57.3 Å². The average Bonchev–Trinajstić information content (AvgIpc) is 3.59. The standard InChI is InChI=1S/C24H33N5O3/c1-3-26-12-14-27(15-13-26)17(2)16-25-23(32)24-11-10-21(30)29(24)20-7-5-4-6-19(20)22(31)28(24)18-8-9-18/h4-7,17-18H,3,8-16H2,1-2H3,(H,25,32)/t17-,24-/m1/s1. The van der Waals surface area contributed by atoms with Gasteiger partial charge in [-0.05, 0) is 38.4 Å². The van der Waals surface area contributed by atoms with E-state index in [9.17, 15) is 14.4 Å². The number of hydrogen-bond acceptors (Lipinski definition) is 5. The maximum Gasteiger partial charge on any atom is 0.267 e. The smallest absolute Gasteiger partial charge is 0.267 e. The lowest BCUT2D eigenvalue weighted by Gasteiger charge is -2.49. The number of hydrogen-bond donors (Lipinski definition) is 1. The van der Waals surface area contributed by atoms with Crippen LogP contribution in [0.1, 0.15) is 49.9 Å². The van der Waals surface area contributed by atoms with Gasteiger partial charge in [0.2, 0.25) is 11.6 Å². The number of likely N-dealkylation sites (N-methyl/N-ethyl adjacent to an activating group) is 1. The lowest BCUT2D eigenvalue weighted by molar-refractivity contribution is -0.134. The molecule has 8 nitrogen and oxygen atoms in total. The molecule has 3 aliphatic heterocycles. The first-order valence-corrected chi connectivity index (χ1v) is 12.0. The third kappa shape index (κ3) is 3.31. The number of fused-ring (bicyclic) bond motifs is 3. The number of rotatable bonds is 6. The lowest BCUT2D eigenvalue weighted by Crippen LogP contribution is -2.71. The van der Waals surface area contributed by atoms with Crippen molar-refractivity contribution in [3.63, 3.8) is 0 Å². The third-order valence-electron chi connectivity index (χ3n) is 7.61. The predicted octanol–water partition coefficient (Wildman–Crippen LogP) is 1.27. The Morgan fingerprint density at radius 3 is 2.56 bits per heavy atom. The fourth-order valence-electron chi connectivity index (χ4n) is 5.58. The number of carbonyl (C=O) groups is 3. The molecule has 2 atom stereocenters. The second-order valence-corrected chi connectivity index (χ2v) is 9.50. The number of nitrogens with zero attached hydrogens (tertiary/aromatic N) is 4. The van der Waals surface area contributed by atoms with Gasteiger partial charge in [0.25, 0.3) is 11.8 Å². The van der Waals surface area contributed by atoms with Crippen LogP contribution in [0.5, 0.6) is 0 Å². The van der Waals surface area contributed by atoms with Gasteiger partial charge in [-0.1, -0.05) is 19.1 Å². The van der Waals surface area contributed by atoms with Gasteiger partial charge in [0.1, 0.15) is 0 Å². The number of benzene rings is 1.